The second kappa shape index (κ2) is 9.12. The van der Waals surface area contributed by atoms with Crippen LogP contribution >= 0.6 is 0 Å². The molecule has 1 aromatic rings. The van der Waals surface area contributed by atoms with Crippen LogP contribution < -0.4 is 11.1 Å². The van der Waals surface area contributed by atoms with E-state index in [0.29, 0.717) is 26.2 Å². The van der Waals surface area contributed by atoms with Gasteiger partial charge in [-0.3, -0.25) is 4.79 Å². The number of nitrogens with two attached hydrogens (primary N) is 1. The molecule has 0 heterocycles. The zero-order valence-corrected chi connectivity index (χ0v) is 11.5. The van der Waals surface area contributed by atoms with Crippen molar-refractivity contribution in [3.05, 3.63) is 42.5 Å². The highest BCUT2D eigenvalue weighted by Crippen LogP contribution is 2.10. The van der Waals surface area contributed by atoms with Gasteiger partial charge in [0.2, 0.25) is 5.91 Å². The average Bonchev–Trinajstić information content (AvgIpc) is 2.45. The first-order chi connectivity index (χ1) is 9.63. The molecule has 0 radical (unpaired) electrons. The van der Waals surface area contributed by atoms with Gasteiger partial charge in [0.05, 0.1) is 19.3 Å². The van der Waals surface area contributed by atoms with Crippen LogP contribution in [0.4, 0.5) is 0 Å². The zero-order valence-electron chi connectivity index (χ0n) is 11.5. The van der Waals surface area contributed by atoms with E-state index in [1.165, 1.54) is 0 Å². The number of phenols is 1. The van der Waals surface area contributed by atoms with Gasteiger partial charge in [0.1, 0.15) is 5.75 Å². The van der Waals surface area contributed by atoms with Crippen LogP contribution in [0.25, 0.3) is 0 Å². The predicted molar refractivity (Wildman–Crippen MR) is 78.4 cm³/mol. The summed E-state index contributed by atoms with van der Waals surface area (Å²) in [4.78, 5) is 11.7. The van der Waals surface area contributed by atoms with Gasteiger partial charge in [-0.25, -0.2) is 0 Å². The van der Waals surface area contributed by atoms with Crippen molar-refractivity contribution in [3.8, 4) is 5.75 Å². The predicted octanol–water partition coefficient (Wildman–Crippen LogP) is 0.971. The first-order valence-corrected chi connectivity index (χ1v) is 6.63. The maximum Gasteiger partial charge on any atom is 0.237 e. The maximum absolute atomic E-state index is 11.7. The van der Waals surface area contributed by atoms with Crippen LogP contribution in [0.1, 0.15) is 12.0 Å². The van der Waals surface area contributed by atoms with Crippen molar-refractivity contribution in [1.29, 1.82) is 0 Å². The van der Waals surface area contributed by atoms with Crippen molar-refractivity contribution in [3.63, 3.8) is 0 Å². The summed E-state index contributed by atoms with van der Waals surface area (Å²) in [6.07, 6.45) is 3.02. The Hall–Kier alpha value is -1.85. The number of aromatic hydroxyl groups is 1. The summed E-state index contributed by atoms with van der Waals surface area (Å²) in [6.45, 7) is 5.11. The number of phenolic OH excluding ortho intramolecular Hbond substituents is 1. The number of amides is 1. The van der Waals surface area contributed by atoms with Gasteiger partial charge >= 0.3 is 0 Å². The molecule has 1 unspecified atom stereocenters. The summed E-state index contributed by atoms with van der Waals surface area (Å²) in [5.41, 5.74) is 6.73. The second-order valence-electron chi connectivity index (χ2n) is 4.46. The summed E-state index contributed by atoms with van der Waals surface area (Å²) in [5.74, 6) is -0.00570. The smallest absolute Gasteiger partial charge is 0.237 e. The van der Waals surface area contributed by atoms with Crippen LogP contribution in [0, 0.1) is 0 Å². The lowest BCUT2D eigenvalue weighted by atomic mass is 10.1. The molecule has 1 amide bonds. The number of nitrogens with one attached hydrogen (secondary N) is 1. The Bertz CT molecular complexity index is 418. The third-order valence-corrected chi connectivity index (χ3v) is 2.74. The minimum atomic E-state index is -0.604. The van der Waals surface area contributed by atoms with Crippen molar-refractivity contribution < 1.29 is 14.6 Å². The Morgan fingerprint density at radius 3 is 2.75 bits per heavy atom. The van der Waals surface area contributed by atoms with Gasteiger partial charge in [-0.2, -0.15) is 0 Å². The Morgan fingerprint density at radius 2 is 2.10 bits per heavy atom. The summed E-state index contributed by atoms with van der Waals surface area (Å²) >= 11 is 0. The standard InChI is InChI=1S/C15H22N2O3/c1-2-3-9-20-10-8-17-15(19)14(16)11-12-4-6-13(18)7-5-12/h2,4-7,14,18H,1,3,8-11,16H2,(H,17,19). The van der Waals surface area contributed by atoms with Crippen molar-refractivity contribution in [1.82, 2.24) is 5.32 Å². The third-order valence-electron chi connectivity index (χ3n) is 2.74. The van der Waals surface area contributed by atoms with Crippen molar-refractivity contribution >= 4 is 5.91 Å². The molecule has 0 saturated carbocycles. The van der Waals surface area contributed by atoms with E-state index < -0.39 is 6.04 Å². The van der Waals surface area contributed by atoms with Gasteiger partial charge in [0, 0.05) is 6.54 Å². The SMILES string of the molecule is C=CCCOCCNC(=O)C(N)Cc1ccc(O)cc1. The molecule has 0 saturated heterocycles. The molecule has 0 aliphatic heterocycles. The highest BCUT2D eigenvalue weighted by Gasteiger charge is 2.13. The molecule has 1 rings (SSSR count). The summed E-state index contributed by atoms with van der Waals surface area (Å²) < 4.78 is 5.28. The summed E-state index contributed by atoms with van der Waals surface area (Å²) in [7, 11) is 0. The van der Waals surface area contributed by atoms with Gasteiger partial charge in [0.25, 0.3) is 0 Å². The molecule has 0 aliphatic carbocycles. The lowest BCUT2D eigenvalue weighted by molar-refractivity contribution is -0.122. The molecule has 5 nitrogen and oxygen atoms in total. The fourth-order valence-electron chi connectivity index (χ4n) is 1.62. The average molecular weight is 278 g/mol. The largest absolute Gasteiger partial charge is 0.508 e. The number of rotatable bonds is 9. The van der Waals surface area contributed by atoms with E-state index in [9.17, 15) is 9.90 Å². The molecule has 5 heteroatoms. The van der Waals surface area contributed by atoms with Crippen LogP contribution in [-0.2, 0) is 16.0 Å². The highest BCUT2D eigenvalue weighted by molar-refractivity contribution is 5.81. The molecule has 0 spiro atoms. The Labute approximate surface area is 119 Å². The number of carbonyl (C=O) groups is 1. The monoisotopic (exact) mass is 278 g/mol. The molecule has 0 aromatic heterocycles. The second-order valence-corrected chi connectivity index (χ2v) is 4.46. The first kappa shape index (κ1) is 16.2. The lowest BCUT2D eigenvalue weighted by Gasteiger charge is -2.12. The van der Waals surface area contributed by atoms with Crippen LogP contribution in [0.2, 0.25) is 0 Å². The molecule has 1 atom stereocenters. The molecule has 0 aliphatic rings. The fourth-order valence-corrected chi connectivity index (χ4v) is 1.62. The summed E-state index contributed by atoms with van der Waals surface area (Å²) in [6, 6.07) is 6.05. The molecule has 20 heavy (non-hydrogen) atoms. The van der Waals surface area contributed by atoms with Gasteiger partial charge in [0.15, 0.2) is 0 Å². The normalized spacial score (nSPS) is 11.8. The van der Waals surface area contributed by atoms with E-state index >= 15 is 0 Å². The maximum atomic E-state index is 11.7. The number of hydrogen-bond acceptors (Lipinski definition) is 4. The van der Waals surface area contributed by atoms with Crippen LogP contribution in [-0.4, -0.2) is 36.8 Å². The number of ether oxygens (including phenoxy) is 1. The Morgan fingerprint density at radius 1 is 1.40 bits per heavy atom. The van der Waals surface area contributed by atoms with Crippen LogP contribution in [0.3, 0.4) is 0 Å². The topological polar surface area (TPSA) is 84.6 Å². The van der Waals surface area contributed by atoms with Gasteiger partial charge < -0.3 is 20.9 Å². The van der Waals surface area contributed by atoms with Crippen LogP contribution in [0.5, 0.6) is 5.75 Å². The van der Waals surface area contributed by atoms with E-state index in [1.807, 2.05) is 0 Å². The third kappa shape index (κ3) is 6.36. The quantitative estimate of drug-likeness (QED) is 0.464. The van der Waals surface area contributed by atoms with Gasteiger partial charge in [-0.15, -0.1) is 6.58 Å². The number of hydrogen-bond donors (Lipinski definition) is 3. The summed E-state index contributed by atoms with van der Waals surface area (Å²) in [5, 5.41) is 11.9. The molecular weight excluding hydrogens is 256 g/mol. The van der Waals surface area contributed by atoms with E-state index in [-0.39, 0.29) is 11.7 Å². The lowest BCUT2D eigenvalue weighted by Crippen LogP contribution is -2.43. The van der Waals surface area contributed by atoms with Crippen LogP contribution in [0.15, 0.2) is 36.9 Å². The Balaban J connectivity index is 2.22. The minimum Gasteiger partial charge on any atom is -0.508 e. The van der Waals surface area contributed by atoms with Crippen molar-refractivity contribution in [2.45, 2.75) is 18.9 Å². The van der Waals surface area contributed by atoms with E-state index in [4.69, 9.17) is 10.5 Å². The number of carbonyl (C=O) groups excluding carboxylic acids is 1. The van der Waals surface area contributed by atoms with E-state index in [0.717, 1.165) is 12.0 Å². The van der Waals surface area contributed by atoms with Crippen molar-refractivity contribution in [2.24, 2.45) is 5.73 Å². The molecule has 0 bridgehead atoms. The molecular formula is C15H22N2O3. The molecule has 0 fully saturated rings. The first-order valence-electron chi connectivity index (χ1n) is 6.63. The van der Waals surface area contributed by atoms with E-state index in [2.05, 4.69) is 11.9 Å². The fraction of sp³-hybridized carbons (Fsp3) is 0.400. The Kier molecular flexibility index (Phi) is 7.39. The number of benzene rings is 1. The van der Waals surface area contributed by atoms with E-state index in [1.54, 1.807) is 30.3 Å². The van der Waals surface area contributed by atoms with Gasteiger partial charge in [-0.05, 0) is 30.5 Å². The zero-order chi connectivity index (χ0) is 14.8. The molecule has 1 aromatic carbocycles. The molecule has 110 valence electrons. The van der Waals surface area contributed by atoms with Crippen molar-refractivity contribution in [2.75, 3.05) is 19.8 Å². The highest BCUT2D eigenvalue weighted by atomic mass is 16.5. The molecule has 4 N–H and O–H groups in total. The van der Waals surface area contributed by atoms with Gasteiger partial charge in [-0.1, -0.05) is 18.2 Å². The minimum absolute atomic E-state index is 0.198.